The molecule has 0 aliphatic rings. The van der Waals surface area contributed by atoms with Crippen molar-refractivity contribution in [2.24, 2.45) is 0 Å². The van der Waals surface area contributed by atoms with Crippen LogP contribution in [0.5, 0.6) is 0 Å². The molecule has 1 rings (SSSR count). The predicted octanol–water partition coefficient (Wildman–Crippen LogP) is 2.89. The van der Waals surface area contributed by atoms with Gasteiger partial charge in [0.2, 0.25) is 0 Å². The highest BCUT2D eigenvalue weighted by atomic mass is 79.9. The van der Waals surface area contributed by atoms with Gasteiger partial charge in [-0.25, -0.2) is 9.78 Å². The van der Waals surface area contributed by atoms with Gasteiger partial charge in [0.1, 0.15) is 15.1 Å². The molecule has 1 aromatic rings. The number of ether oxygens (including phenoxy) is 1. The van der Waals surface area contributed by atoms with Crippen molar-refractivity contribution in [2.75, 3.05) is 20.1 Å². The van der Waals surface area contributed by atoms with Gasteiger partial charge in [-0.05, 0) is 43.1 Å². The molecule has 0 aromatic carbocycles. The van der Waals surface area contributed by atoms with Gasteiger partial charge >= 0.3 is 6.09 Å². The van der Waals surface area contributed by atoms with Crippen LogP contribution in [-0.4, -0.2) is 47.6 Å². The van der Waals surface area contributed by atoms with E-state index in [9.17, 15) is 9.59 Å². The molecule has 0 radical (unpaired) electrons. The van der Waals surface area contributed by atoms with Crippen LogP contribution in [-0.2, 0) is 4.74 Å². The Hall–Kier alpha value is -1.15. The highest BCUT2D eigenvalue weighted by Crippen LogP contribution is 2.18. The van der Waals surface area contributed by atoms with Gasteiger partial charge in [-0.1, -0.05) is 0 Å². The molecule has 6 nitrogen and oxygen atoms in total. The number of rotatable bonds is 5. The first-order valence-corrected chi connectivity index (χ1v) is 8.19. The molecule has 0 aliphatic heterocycles. The lowest BCUT2D eigenvalue weighted by atomic mass is 10.2. The summed E-state index contributed by atoms with van der Waals surface area (Å²) in [5.74, 6) is -0.163. The highest BCUT2D eigenvalue weighted by molar-refractivity contribution is 9.10. The van der Waals surface area contributed by atoms with E-state index in [4.69, 9.17) is 4.74 Å². The van der Waals surface area contributed by atoms with E-state index >= 15 is 0 Å². The summed E-state index contributed by atoms with van der Waals surface area (Å²) in [6.07, 6.45) is 0.289. The van der Waals surface area contributed by atoms with Crippen molar-refractivity contribution < 1.29 is 14.3 Å². The molecule has 21 heavy (non-hydrogen) atoms. The molecule has 0 aliphatic carbocycles. The van der Waals surface area contributed by atoms with Gasteiger partial charge < -0.3 is 15.0 Å². The number of carbonyl (C=O) groups excluding carboxylic acids is 2. The monoisotopic (exact) mass is 377 g/mol. The first-order chi connectivity index (χ1) is 9.70. The molecule has 0 unspecified atom stereocenters. The topological polar surface area (TPSA) is 71.5 Å². The van der Waals surface area contributed by atoms with Gasteiger partial charge in [0.15, 0.2) is 0 Å². The summed E-state index contributed by atoms with van der Waals surface area (Å²) in [4.78, 5) is 29.5. The maximum atomic E-state index is 11.8. The predicted molar refractivity (Wildman–Crippen MR) is 85.6 cm³/mol. The normalized spacial score (nSPS) is 11.1. The summed E-state index contributed by atoms with van der Waals surface area (Å²) < 4.78 is 5.79. The Morgan fingerprint density at radius 1 is 1.48 bits per heavy atom. The molecule has 1 aromatic heterocycles. The molecule has 1 N–H and O–H groups in total. The summed E-state index contributed by atoms with van der Waals surface area (Å²) in [7, 11) is 1.68. The summed E-state index contributed by atoms with van der Waals surface area (Å²) in [5, 5.41) is 2.79. The third-order valence-electron chi connectivity index (χ3n) is 2.39. The second-order valence-corrected chi connectivity index (χ2v) is 7.09. The Balaban J connectivity index is 2.26. The minimum Gasteiger partial charge on any atom is -0.444 e. The van der Waals surface area contributed by atoms with Gasteiger partial charge in [0.25, 0.3) is 5.91 Å². The number of hydrogen-bond donors (Lipinski definition) is 1. The number of hydrogen-bond acceptors (Lipinski definition) is 5. The van der Waals surface area contributed by atoms with E-state index in [0.717, 1.165) is 0 Å². The Morgan fingerprint density at radius 2 is 2.14 bits per heavy atom. The lowest BCUT2D eigenvalue weighted by Gasteiger charge is -2.24. The van der Waals surface area contributed by atoms with Crippen LogP contribution in [0.25, 0.3) is 0 Å². The van der Waals surface area contributed by atoms with E-state index in [1.54, 1.807) is 12.6 Å². The smallest absolute Gasteiger partial charge is 0.410 e. The highest BCUT2D eigenvalue weighted by Gasteiger charge is 2.19. The van der Waals surface area contributed by atoms with Crippen LogP contribution in [0.4, 0.5) is 4.79 Å². The van der Waals surface area contributed by atoms with Crippen molar-refractivity contribution in [3.8, 4) is 0 Å². The van der Waals surface area contributed by atoms with Crippen LogP contribution in [0.3, 0.4) is 0 Å². The number of nitrogens with zero attached hydrogens (tertiary/aromatic N) is 2. The number of carbonyl (C=O) groups is 2. The lowest BCUT2D eigenvalue weighted by molar-refractivity contribution is 0.0297. The molecule has 0 saturated carbocycles. The minimum absolute atomic E-state index is 0.163. The van der Waals surface area contributed by atoms with Crippen molar-refractivity contribution in [3.05, 3.63) is 15.0 Å². The lowest BCUT2D eigenvalue weighted by Crippen LogP contribution is -2.36. The Morgan fingerprint density at radius 3 is 2.67 bits per heavy atom. The van der Waals surface area contributed by atoms with Crippen LogP contribution >= 0.6 is 27.3 Å². The minimum atomic E-state index is -0.502. The van der Waals surface area contributed by atoms with Crippen LogP contribution < -0.4 is 5.32 Å². The summed E-state index contributed by atoms with van der Waals surface area (Å²) in [5.41, 5.74) is 1.10. The zero-order chi connectivity index (χ0) is 16.0. The van der Waals surface area contributed by atoms with Gasteiger partial charge in [-0.2, -0.15) is 0 Å². The van der Waals surface area contributed by atoms with Crippen molar-refractivity contribution in [1.82, 2.24) is 15.2 Å². The van der Waals surface area contributed by atoms with E-state index in [1.165, 1.54) is 16.2 Å². The molecule has 118 valence electrons. The Bertz CT molecular complexity index is 499. The van der Waals surface area contributed by atoms with E-state index in [-0.39, 0.29) is 12.0 Å². The number of amides is 2. The first-order valence-electron chi connectivity index (χ1n) is 6.52. The van der Waals surface area contributed by atoms with Crippen molar-refractivity contribution >= 4 is 39.3 Å². The molecule has 0 spiro atoms. The zero-order valence-electron chi connectivity index (χ0n) is 12.6. The summed E-state index contributed by atoms with van der Waals surface area (Å²) >= 11 is 4.49. The molecular formula is C13H20BrN3O3S. The molecule has 2 amide bonds. The Labute approximate surface area is 137 Å². The van der Waals surface area contributed by atoms with Gasteiger partial charge in [-0.3, -0.25) is 4.79 Å². The number of thiazole rings is 1. The van der Waals surface area contributed by atoms with Crippen LogP contribution in [0.1, 0.15) is 36.9 Å². The van der Waals surface area contributed by atoms with E-state index in [1.807, 2.05) is 20.8 Å². The fourth-order valence-electron chi connectivity index (χ4n) is 1.41. The maximum absolute atomic E-state index is 11.8. The van der Waals surface area contributed by atoms with Crippen molar-refractivity contribution in [1.29, 1.82) is 0 Å². The standard InChI is InChI=1S/C13H20BrN3O3S/c1-13(2,3)20-12(19)17(4)7-5-6-15-11(18)9-10(14)16-8-21-9/h8H,5-7H2,1-4H3,(H,15,18). The fraction of sp³-hybridized carbons (Fsp3) is 0.615. The summed E-state index contributed by atoms with van der Waals surface area (Å²) in [6, 6.07) is 0. The van der Waals surface area contributed by atoms with Gasteiger partial charge in [-0.15, -0.1) is 11.3 Å². The number of halogens is 1. The molecule has 1 heterocycles. The first kappa shape index (κ1) is 17.9. The molecule has 8 heteroatoms. The third kappa shape index (κ3) is 6.43. The van der Waals surface area contributed by atoms with E-state index in [2.05, 4.69) is 26.2 Å². The molecular weight excluding hydrogens is 358 g/mol. The molecule has 0 fully saturated rings. The average molecular weight is 378 g/mol. The summed E-state index contributed by atoms with van der Waals surface area (Å²) in [6.45, 7) is 6.47. The third-order valence-corrected chi connectivity index (χ3v) is 4.08. The van der Waals surface area contributed by atoms with Crippen LogP contribution in [0.2, 0.25) is 0 Å². The van der Waals surface area contributed by atoms with Crippen LogP contribution in [0.15, 0.2) is 10.1 Å². The quantitative estimate of drug-likeness (QED) is 0.800. The van der Waals surface area contributed by atoms with Crippen LogP contribution in [0, 0.1) is 0 Å². The van der Waals surface area contributed by atoms with Crippen molar-refractivity contribution in [2.45, 2.75) is 32.8 Å². The Kier molecular flexibility index (Phi) is 6.60. The molecule has 0 atom stereocenters. The maximum Gasteiger partial charge on any atom is 0.410 e. The van der Waals surface area contributed by atoms with Gasteiger partial charge in [0.05, 0.1) is 5.51 Å². The zero-order valence-corrected chi connectivity index (χ0v) is 15.0. The second-order valence-electron chi connectivity index (χ2n) is 5.48. The second kappa shape index (κ2) is 7.74. The van der Waals surface area contributed by atoms with E-state index < -0.39 is 5.60 Å². The van der Waals surface area contributed by atoms with Gasteiger partial charge in [0, 0.05) is 20.1 Å². The SMILES string of the molecule is CN(CCCNC(=O)c1scnc1Br)C(=O)OC(C)(C)C. The van der Waals surface area contributed by atoms with E-state index in [0.29, 0.717) is 29.0 Å². The van der Waals surface area contributed by atoms with Crippen molar-refractivity contribution in [3.63, 3.8) is 0 Å². The number of aromatic nitrogens is 1. The fourth-order valence-corrected chi connectivity index (χ4v) is 2.70. The number of nitrogens with one attached hydrogen (secondary N) is 1. The largest absolute Gasteiger partial charge is 0.444 e. The molecule has 0 saturated heterocycles. The average Bonchev–Trinajstić information content (AvgIpc) is 2.78. The molecule has 0 bridgehead atoms.